The predicted molar refractivity (Wildman–Crippen MR) is 276 cm³/mol. The number of aliphatic hydroxyl groups is 2. The van der Waals surface area contributed by atoms with Gasteiger partial charge in [0.15, 0.2) is 0 Å². The van der Waals surface area contributed by atoms with Gasteiger partial charge in [0.2, 0.25) is 29.5 Å². The van der Waals surface area contributed by atoms with E-state index >= 15 is 0 Å². The Bertz CT molecular complexity index is 2910. The number of nitriles is 1. The van der Waals surface area contributed by atoms with Gasteiger partial charge in [-0.05, 0) is 102 Å². The number of thiazole rings is 1. The second kappa shape index (κ2) is 22.4. The molecular formula is C51H64N14O6S2. The van der Waals surface area contributed by atoms with Crippen molar-refractivity contribution < 1.29 is 29.1 Å². The zero-order valence-electron chi connectivity index (χ0n) is 42.0. The third-order valence-corrected chi connectivity index (χ3v) is 16.5. The van der Waals surface area contributed by atoms with E-state index < -0.39 is 35.6 Å². The zero-order valence-corrected chi connectivity index (χ0v) is 43.6. The number of aliphatic hydroxyl groups excluding tert-OH is 2. The van der Waals surface area contributed by atoms with E-state index in [-0.39, 0.29) is 43.9 Å². The van der Waals surface area contributed by atoms with E-state index in [2.05, 4.69) is 53.5 Å². The number of rotatable bonds is 18. The Kier molecular flexibility index (Phi) is 15.8. The molecule has 1 aromatic carbocycles. The summed E-state index contributed by atoms with van der Waals surface area (Å²) in [5.74, 6) is 0.764. The molecule has 22 heteroatoms. The zero-order chi connectivity index (χ0) is 51.4. The Hall–Kier alpha value is -6.38. The Morgan fingerprint density at radius 2 is 1.93 bits per heavy atom. The lowest BCUT2D eigenvalue weighted by Crippen LogP contribution is -2.49. The third kappa shape index (κ3) is 11.0. The Morgan fingerprint density at radius 3 is 2.68 bits per heavy atom. The molecule has 2 amide bonds. The maximum Gasteiger partial charge on any atom is 0.253 e. The number of nitrogens with zero attached hydrogens (tertiary/aromatic N) is 12. The summed E-state index contributed by atoms with van der Waals surface area (Å²) in [6, 6.07) is 9.84. The van der Waals surface area contributed by atoms with Crippen LogP contribution in [-0.4, -0.2) is 136 Å². The molecule has 73 heavy (non-hydrogen) atoms. The SMILES string of the molecule is Cc1ncsc1-c1ccc([C@H](CCO)NC(=O)[C@@H]2C[C@@H](O)CN2C(=O)[C@H](C(C)C)n2cc(OCCCCN3CCCN(c4nccc(-c5noc([C@@]6(C)CCCc7sc(N)c(C#N)c76)n5)n4)[C@@H](C)C3)nn2)cc1. The summed E-state index contributed by atoms with van der Waals surface area (Å²) in [5.41, 5.74) is 12.2. The number of nitrogens with one attached hydrogen (secondary N) is 1. The Labute approximate surface area is 432 Å². The molecule has 386 valence electrons. The van der Waals surface area contributed by atoms with E-state index in [9.17, 15) is 25.1 Å². The van der Waals surface area contributed by atoms with Gasteiger partial charge in [-0.2, -0.15) is 10.2 Å². The van der Waals surface area contributed by atoms with Crippen molar-refractivity contribution in [3.8, 4) is 33.9 Å². The molecule has 0 radical (unpaired) electrons. The van der Waals surface area contributed by atoms with Crippen molar-refractivity contribution in [1.29, 1.82) is 5.26 Å². The highest BCUT2D eigenvalue weighted by molar-refractivity contribution is 7.16. The number of aryl methyl sites for hydroxylation is 2. The molecule has 20 nitrogen and oxygen atoms in total. The van der Waals surface area contributed by atoms with Crippen molar-refractivity contribution in [2.24, 2.45) is 5.92 Å². The number of thiophene rings is 1. The number of carbonyl (C=O) groups excluding carboxylic acids is 2. The molecule has 6 aromatic rings. The number of nitrogen functional groups attached to an aromatic ring is 1. The van der Waals surface area contributed by atoms with Crippen LogP contribution in [0, 0.1) is 24.2 Å². The monoisotopic (exact) mass is 1030 g/mol. The van der Waals surface area contributed by atoms with E-state index in [1.165, 1.54) is 20.9 Å². The predicted octanol–water partition coefficient (Wildman–Crippen LogP) is 5.87. The standard InChI is InChI=1S/C51H64N14O6S2/c1-30(2)43(48(69)64-27-35(67)24-39(64)47(68)56-37(16-22-66)33-11-13-34(14-12-33)44-32(4)55-29-72-44)65-28-41(59-61-65)70-23-7-6-19-62-20-9-21-63(31(3)26-62)50-54-18-15-38(57-50)46-58-49(71-60-46)51(5)17-8-10-40-42(51)36(25-52)45(53)73-40/h11-15,18,28-31,35,37,39,43,66-67H,6-10,16-17,19-24,26-27,53H2,1-5H3,(H,56,68)/t31-,35+,37-,39-,43-,51-/m0/s1. The number of likely N-dealkylation sites (tertiary alicyclic amines) is 1. The quantitative estimate of drug-likeness (QED) is 0.0734. The van der Waals surface area contributed by atoms with Crippen molar-refractivity contribution in [2.75, 3.05) is 56.6 Å². The number of nitrogens with two attached hydrogens (primary N) is 1. The largest absolute Gasteiger partial charge is 0.475 e. The first-order valence-corrected chi connectivity index (χ1v) is 26.9. The maximum absolute atomic E-state index is 14.3. The number of aromatic nitrogens is 8. The maximum atomic E-state index is 14.3. The molecule has 7 heterocycles. The first-order chi connectivity index (χ1) is 35.3. The molecule has 1 aliphatic carbocycles. The van der Waals surface area contributed by atoms with Crippen LogP contribution >= 0.6 is 22.7 Å². The van der Waals surface area contributed by atoms with Gasteiger partial charge in [-0.1, -0.05) is 53.6 Å². The van der Waals surface area contributed by atoms with Gasteiger partial charge in [0.1, 0.15) is 28.8 Å². The van der Waals surface area contributed by atoms with Crippen LogP contribution in [0.3, 0.4) is 0 Å². The fraction of sp³-hybridized carbons (Fsp3) is 0.529. The van der Waals surface area contributed by atoms with Gasteiger partial charge in [-0.15, -0.1) is 22.7 Å². The third-order valence-electron chi connectivity index (χ3n) is 14.4. The minimum atomic E-state index is -0.913. The van der Waals surface area contributed by atoms with Crippen LogP contribution in [0.25, 0.3) is 22.0 Å². The van der Waals surface area contributed by atoms with Gasteiger partial charge in [0.25, 0.3) is 5.88 Å². The number of ether oxygens (including phenoxy) is 1. The van der Waals surface area contributed by atoms with Crippen LogP contribution < -0.4 is 20.7 Å². The average Bonchev–Trinajstić information content (AvgIpc) is 4.24. The van der Waals surface area contributed by atoms with Crippen LogP contribution in [0.1, 0.15) is 118 Å². The van der Waals surface area contributed by atoms with Crippen molar-refractivity contribution in [2.45, 2.75) is 122 Å². The summed E-state index contributed by atoms with van der Waals surface area (Å²) in [5, 5.41) is 47.1. The number of amides is 2. The molecule has 9 rings (SSSR count). The highest BCUT2D eigenvalue weighted by Gasteiger charge is 2.45. The number of β-amino-alcohol motifs (C(OH)–C–C–N with tert-alkyl or cyclic N) is 1. The minimum absolute atomic E-state index is 0.00359. The second-order valence-electron chi connectivity index (χ2n) is 19.9. The smallest absolute Gasteiger partial charge is 0.253 e. The van der Waals surface area contributed by atoms with Crippen LogP contribution in [0.4, 0.5) is 10.9 Å². The Balaban J connectivity index is 0.758. The first kappa shape index (κ1) is 51.5. The summed E-state index contributed by atoms with van der Waals surface area (Å²) in [6.45, 7) is 13.7. The fourth-order valence-electron chi connectivity index (χ4n) is 10.6. The second-order valence-corrected chi connectivity index (χ2v) is 21.9. The van der Waals surface area contributed by atoms with E-state index in [1.54, 1.807) is 29.8 Å². The van der Waals surface area contributed by atoms with Gasteiger partial charge in [0.05, 0.1) is 52.0 Å². The Morgan fingerprint density at radius 1 is 1.11 bits per heavy atom. The molecular weight excluding hydrogens is 969 g/mol. The van der Waals surface area contributed by atoms with Crippen molar-refractivity contribution in [3.05, 3.63) is 81.4 Å². The van der Waals surface area contributed by atoms with Gasteiger partial charge in [0, 0.05) is 55.3 Å². The summed E-state index contributed by atoms with van der Waals surface area (Å²) in [4.78, 5) is 55.3. The number of benzene rings is 1. The molecule has 5 aromatic heterocycles. The number of hydrogen-bond donors (Lipinski definition) is 4. The van der Waals surface area contributed by atoms with Crippen molar-refractivity contribution in [3.63, 3.8) is 0 Å². The number of anilines is 2. The first-order valence-electron chi connectivity index (χ1n) is 25.2. The lowest BCUT2D eigenvalue weighted by atomic mass is 9.72. The van der Waals surface area contributed by atoms with Crippen LogP contribution in [-0.2, 0) is 21.4 Å². The molecule has 0 saturated carbocycles. The summed E-state index contributed by atoms with van der Waals surface area (Å²) in [6.07, 6.45) is 8.01. The van der Waals surface area contributed by atoms with E-state index in [4.69, 9.17) is 25.0 Å². The number of unbranched alkanes of at least 4 members (excludes halogenated alkanes) is 1. The molecule has 2 fully saturated rings. The lowest BCUT2D eigenvalue weighted by Gasteiger charge is -2.30. The number of hydrogen-bond acceptors (Lipinski definition) is 19. The summed E-state index contributed by atoms with van der Waals surface area (Å²) >= 11 is 3.03. The molecule has 5 N–H and O–H groups in total. The summed E-state index contributed by atoms with van der Waals surface area (Å²) < 4.78 is 13.4. The minimum Gasteiger partial charge on any atom is -0.475 e. The van der Waals surface area contributed by atoms with Gasteiger partial charge in [-0.3, -0.25) is 9.59 Å². The number of carbonyl (C=O) groups is 2. The summed E-state index contributed by atoms with van der Waals surface area (Å²) in [7, 11) is 0. The van der Waals surface area contributed by atoms with Gasteiger partial charge in [-0.25, -0.2) is 19.6 Å². The van der Waals surface area contributed by atoms with Gasteiger partial charge >= 0.3 is 0 Å². The van der Waals surface area contributed by atoms with Crippen LogP contribution in [0.2, 0.25) is 0 Å². The molecule has 3 aliphatic rings. The van der Waals surface area contributed by atoms with E-state index in [0.717, 1.165) is 96.8 Å². The van der Waals surface area contributed by atoms with Crippen LogP contribution in [0.15, 0.2) is 52.8 Å². The molecule has 2 aliphatic heterocycles. The highest BCUT2D eigenvalue weighted by Crippen LogP contribution is 2.48. The molecule has 2 saturated heterocycles. The van der Waals surface area contributed by atoms with E-state index in [1.807, 2.05) is 57.5 Å². The molecule has 6 atom stereocenters. The lowest BCUT2D eigenvalue weighted by molar-refractivity contribution is -0.142. The molecule has 0 bridgehead atoms. The van der Waals surface area contributed by atoms with E-state index in [0.29, 0.717) is 46.4 Å². The van der Waals surface area contributed by atoms with Crippen molar-refractivity contribution in [1.82, 2.24) is 55.2 Å². The van der Waals surface area contributed by atoms with Crippen molar-refractivity contribution >= 4 is 45.4 Å². The average molecular weight is 1030 g/mol. The normalized spacial score (nSPS) is 21.2. The molecule has 0 unspecified atom stereocenters. The number of fused-ring (bicyclic) bond motifs is 1. The highest BCUT2D eigenvalue weighted by atomic mass is 32.1. The molecule has 0 spiro atoms. The fourth-order valence-corrected chi connectivity index (χ4v) is 12.6. The van der Waals surface area contributed by atoms with Gasteiger partial charge < -0.3 is 45.2 Å². The topological polar surface area (TPSA) is 264 Å². The van der Waals surface area contributed by atoms with Crippen LogP contribution in [0.5, 0.6) is 5.88 Å².